The monoisotopic (exact) mass is 382 g/mol. The van der Waals surface area contributed by atoms with Gasteiger partial charge in [-0.15, -0.1) is 0 Å². The SMILES string of the molecule is CC(C)Cc1cc(C(=O)N2CCCC3=C[C@@H]4C[C@@H](CN5CCCC[C@H]45)[C@@H]32)n[nH]1. The van der Waals surface area contributed by atoms with E-state index >= 15 is 0 Å². The van der Waals surface area contributed by atoms with E-state index in [0.29, 0.717) is 29.5 Å². The summed E-state index contributed by atoms with van der Waals surface area (Å²) < 4.78 is 0. The van der Waals surface area contributed by atoms with Crippen molar-refractivity contribution in [2.24, 2.45) is 17.8 Å². The molecular weight excluding hydrogens is 348 g/mol. The number of likely N-dealkylation sites (tertiary alicyclic amines) is 1. The molecule has 0 aromatic carbocycles. The van der Waals surface area contributed by atoms with Crippen molar-refractivity contribution in [2.75, 3.05) is 19.6 Å². The van der Waals surface area contributed by atoms with Gasteiger partial charge in [0.15, 0.2) is 0 Å². The minimum absolute atomic E-state index is 0.126. The van der Waals surface area contributed by atoms with Gasteiger partial charge in [-0.25, -0.2) is 0 Å². The number of nitrogens with one attached hydrogen (secondary N) is 1. The Morgan fingerprint density at radius 3 is 3.04 bits per heavy atom. The number of carbonyl (C=O) groups excluding carboxylic acids is 1. The molecule has 3 saturated heterocycles. The van der Waals surface area contributed by atoms with E-state index in [9.17, 15) is 4.79 Å². The quantitative estimate of drug-likeness (QED) is 0.812. The first kappa shape index (κ1) is 18.4. The maximum absolute atomic E-state index is 13.4. The minimum Gasteiger partial charge on any atom is -0.330 e. The van der Waals surface area contributed by atoms with Crippen LogP contribution in [0.5, 0.6) is 0 Å². The molecule has 2 bridgehead atoms. The lowest BCUT2D eigenvalue weighted by Gasteiger charge is -2.54. The largest absolute Gasteiger partial charge is 0.330 e. The van der Waals surface area contributed by atoms with Gasteiger partial charge < -0.3 is 4.90 Å². The number of H-pyrrole nitrogens is 1. The number of rotatable bonds is 3. The van der Waals surface area contributed by atoms with Crippen LogP contribution in [0.25, 0.3) is 0 Å². The second-order valence-corrected chi connectivity index (χ2v) is 9.88. The number of hydrogen-bond acceptors (Lipinski definition) is 3. The molecule has 5 rings (SSSR count). The molecule has 5 heteroatoms. The van der Waals surface area contributed by atoms with Gasteiger partial charge in [-0.3, -0.25) is 14.8 Å². The average molecular weight is 383 g/mol. The summed E-state index contributed by atoms with van der Waals surface area (Å²) in [6.07, 6.45) is 11.1. The van der Waals surface area contributed by atoms with E-state index in [-0.39, 0.29) is 5.91 Å². The Balaban J connectivity index is 1.40. The maximum atomic E-state index is 13.4. The Bertz CT molecular complexity index is 766. The fourth-order valence-corrected chi connectivity index (χ4v) is 6.36. The zero-order valence-electron chi connectivity index (χ0n) is 17.4. The van der Waals surface area contributed by atoms with Crippen LogP contribution >= 0.6 is 0 Å². The molecule has 1 N–H and O–H groups in total. The Labute approximate surface area is 168 Å². The standard InChI is InChI=1S/C23H34N4O/c1-15(2)10-19-13-20(25-24-19)23(28)27-9-5-6-16-11-17-12-18(22(16)27)14-26-8-4-3-7-21(17)26/h11,13,15,17-18,21-22H,3-10,12,14H2,1-2H3,(H,24,25)/t17-,18+,21-,22-/m1/s1. The third kappa shape index (κ3) is 3.22. The van der Waals surface area contributed by atoms with Gasteiger partial charge in [0.2, 0.25) is 0 Å². The average Bonchev–Trinajstić information content (AvgIpc) is 3.15. The van der Waals surface area contributed by atoms with E-state index in [1.807, 2.05) is 6.07 Å². The number of amides is 1. The number of carbonyl (C=O) groups is 1. The minimum atomic E-state index is 0.126. The van der Waals surface area contributed by atoms with Crippen molar-refractivity contribution >= 4 is 5.91 Å². The Hall–Kier alpha value is -1.62. The van der Waals surface area contributed by atoms with E-state index < -0.39 is 0 Å². The van der Waals surface area contributed by atoms with Crippen molar-refractivity contribution in [3.8, 4) is 0 Å². The summed E-state index contributed by atoms with van der Waals surface area (Å²) in [6.45, 7) is 7.68. The summed E-state index contributed by atoms with van der Waals surface area (Å²) in [6, 6.07) is 3.04. The molecular formula is C23H34N4O. The normalized spacial score (nSPS) is 32.7. The van der Waals surface area contributed by atoms with Gasteiger partial charge in [-0.2, -0.15) is 5.10 Å². The predicted octanol–water partition coefficient (Wildman–Crippen LogP) is 3.64. The lowest BCUT2D eigenvalue weighted by Crippen LogP contribution is -2.60. The number of aromatic nitrogens is 2. The molecule has 1 aromatic rings. The van der Waals surface area contributed by atoms with Crippen molar-refractivity contribution < 1.29 is 4.79 Å². The third-order valence-electron chi connectivity index (χ3n) is 7.40. The van der Waals surface area contributed by atoms with Gasteiger partial charge >= 0.3 is 0 Å². The van der Waals surface area contributed by atoms with Crippen LogP contribution in [0.15, 0.2) is 17.7 Å². The molecule has 152 valence electrons. The molecule has 4 heterocycles. The summed E-state index contributed by atoms with van der Waals surface area (Å²) in [5, 5.41) is 7.47. The highest BCUT2D eigenvalue weighted by Gasteiger charge is 2.47. The molecule has 28 heavy (non-hydrogen) atoms. The van der Waals surface area contributed by atoms with Crippen LogP contribution in [0.2, 0.25) is 0 Å². The summed E-state index contributed by atoms with van der Waals surface area (Å²) in [4.78, 5) is 18.3. The van der Waals surface area contributed by atoms with Crippen LogP contribution in [0.1, 0.15) is 68.6 Å². The van der Waals surface area contributed by atoms with Crippen LogP contribution < -0.4 is 0 Å². The number of piperidine rings is 3. The van der Waals surface area contributed by atoms with Crippen molar-refractivity contribution in [1.29, 1.82) is 0 Å². The predicted molar refractivity (Wildman–Crippen MR) is 110 cm³/mol. The van der Waals surface area contributed by atoms with E-state index in [2.05, 4.69) is 39.9 Å². The summed E-state index contributed by atoms with van der Waals surface area (Å²) in [7, 11) is 0. The van der Waals surface area contributed by atoms with Crippen molar-refractivity contribution in [1.82, 2.24) is 20.0 Å². The highest BCUT2D eigenvalue weighted by atomic mass is 16.2. The van der Waals surface area contributed by atoms with Crippen LogP contribution in [0.3, 0.4) is 0 Å². The highest BCUT2D eigenvalue weighted by Crippen LogP contribution is 2.45. The van der Waals surface area contributed by atoms with Crippen molar-refractivity contribution in [3.63, 3.8) is 0 Å². The van der Waals surface area contributed by atoms with Gasteiger partial charge in [0.25, 0.3) is 5.91 Å². The van der Waals surface area contributed by atoms with Gasteiger partial charge in [-0.1, -0.05) is 31.9 Å². The van der Waals surface area contributed by atoms with Crippen LogP contribution in [-0.2, 0) is 6.42 Å². The van der Waals surface area contributed by atoms with Crippen LogP contribution in [-0.4, -0.2) is 57.6 Å². The molecule has 1 aromatic heterocycles. The number of fused-ring (bicyclic) bond motifs is 6. The molecule has 0 unspecified atom stereocenters. The fourth-order valence-electron chi connectivity index (χ4n) is 6.36. The molecule has 5 nitrogen and oxygen atoms in total. The first-order chi connectivity index (χ1) is 13.6. The molecule has 1 aliphatic carbocycles. The first-order valence-electron chi connectivity index (χ1n) is 11.4. The fraction of sp³-hybridized carbons (Fsp3) is 0.739. The van der Waals surface area contributed by atoms with Gasteiger partial charge in [0.1, 0.15) is 5.69 Å². The van der Waals surface area contributed by atoms with E-state index in [1.165, 1.54) is 45.2 Å². The highest BCUT2D eigenvalue weighted by molar-refractivity contribution is 5.93. The molecule has 0 saturated carbocycles. The summed E-state index contributed by atoms with van der Waals surface area (Å²) in [5.74, 6) is 1.99. The number of nitrogens with zero attached hydrogens (tertiary/aromatic N) is 3. The lowest BCUT2D eigenvalue weighted by molar-refractivity contribution is 0.00131. The Kier molecular flexibility index (Phi) is 4.82. The number of aromatic amines is 1. The molecule has 1 amide bonds. The maximum Gasteiger partial charge on any atom is 0.274 e. The van der Waals surface area contributed by atoms with Gasteiger partial charge in [-0.05, 0) is 68.9 Å². The Morgan fingerprint density at radius 2 is 2.18 bits per heavy atom. The summed E-state index contributed by atoms with van der Waals surface area (Å²) in [5.41, 5.74) is 3.22. The molecule has 0 spiro atoms. The van der Waals surface area contributed by atoms with E-state index in [1.54, 1.807) is 5.57 Å². The summed E-state index contributed by atoms with van der Waals surface area (Å²) >= 11 is 0. The molecule has 3 fully saturated rings. The topological polar surface area (TPSA) is 52.2 Å². The Morgan fingerprint density at radius 1 is 1.29 bits per heavy atom. The van der Waals surface area contributed by atoms with Crippen LogP contribution in [0, 0.1) is 17.8 Å². The molecule has 4 aliphatic rings. The smallest absolute Gasteiger partial charge is 0.274 e. The molecule has 0 radical (unpaired) electrons. The van der Waals surface area contributed by atoms with E-state index in [4.69, 9.17) is 0 Å². The molecule has 4 atom stereocenters. The first-order valence-corrected chi connectivity index (χ1v) is 11.4. The lowest BCUT2D eigenvalue weighted by atomic mass is 9.68. The van der Waals surface area contributed by atoms with Gasteiger partial charge in [0, 0.05) is 24.8 Å². The van der Waals surface area contributed by atoms with E-state index in [0.717, 1.165) is 31.1 Å². The van der Waals surface area contributed by atoms with Crippen molar-refractivity contribution in [3.05, 3.63) is 29.1 Å². The zero-order valence-corrected chi connectivity index (χ0v) is 17.4. The zero-order chi connectivity index (χ0) is 19.3. The third-order valence-corrected chi connectivity index (χ3v) is 7.40. The van der Waals surface area contributed by atoms with Crippen molar-refractivity contribution in [2.45, 2.75) is 70.9 Å². The van der Waals surface area contributed by atoms with Gasteiger partial charge in [0.05, 0.1) is 6.04 Å². The second-order valence-electron chi connectivity index (χ2n) is 9.88. The van der Waals surface area contributed by atoms with Crippen LogP contribution in [0.4, 0.5) is 0 Å². The second kappa shape index (κ2) is 7.33. The number of hydrogen-bond donors (Lipinski definition) is 1. The molecule has 3 aliphatic heterocycles.